The number of likely N-dealkylation sites (N-methyl/N-ethyl adjacent to an activating group) is 1. The number of carbonyl (C=O) groups is 2. The second-order valence-electron chi connectivity index (χ2n) is 5.26. The molecule has 7 nitrogen and oxygen atoms in total. The van der Waals surface area contributed by atoms with Gasteiger partial charge in [-0.15, -0.1) is 10.2 Å². The predicted octanol–water partition coefficient (Wildman–Crippen LogP) is 2.84. The molecule has 130 valence electrons. The Morgan fingerprint density at radius 3 is 2.92 bits per heavy atom. The van der Waals surface area contributed by atoms with Gasteiger partial charge in [0, 0.05) is 24.1 Å². The van der Waals surface area contributed by atoms with Gasteiger partial charge in [-0.3, -0.25) is 14.9 Å². The van der Waals surface area contributed by atoms with Crippen LogP contribution < -0.4 is 5.32 Å². The summed E-state index contributed by atoms with van der Waals surface area (Å²) in [6.45, 7) is 1.96. The first-order valence-corrected chi connectivity index (χ1v) is 9.46. The Balaban J connectivity index is 1.63. The minimum atomic E-state index is -0.306. The van der Waals surface area contributed by atoms with Gasteiger partial charge in [-0.1, -0.05) is 48.2 Å². The standard InChI is InChI=1S/C16H17N5O2S2/c1-3-24-16-20-19-15(25-16)18-13(22)9-21(2)14(23)11-8-17-12-7-5-4-6-10(11)12/h4-8,17H,3,9H2,1-2H3,(H,18,19,22). The number of benzene rings is 1. The lowest BCUT2D eigenvalue weighted by atomic mass is 10.1. The van der Waals surface area contributed by atoms with Gasteiger partial charge in [0.1, 0.15) is 0 Å². The zero-order valence-corrected chi connectivity index (χ0v) is 15.4. The van der Waals surface area contributed by atoms with Crippen molar-refractivity contribution in [2.24, 2.45) is 0 Å². The summed E-state index contributed by atoms with van der Waals surface area (Å²) in [4.78, 5) is 29.2. The molecule has 0 bridgehead atoms. The number of carbonyl (C=O) groups excluding carboxylic acids is 2. The van der Waals surface area contributed by atoms with E-state index in [2.05, 4.69) is 20.5 Å². The molecule has 0 aliphatic heterocycles. The van der Waals surface area contributed by atoms with E-state index in [4.69, 9.17) is 0 Å². The topological polar surface area (TPSA) is 91.0 Å². The minimum absolute atomic E-state index is 0.0613. The number of aromatic nitrogens is 3. The zero-order chi connectivity index (χ0) is 17.8. The summed E-state index contributed by atoms with van der Waals surface area (Å²) in [5.41, 5.74) is 1.43. The van der Waals surface area contributed by atoms with Crippen LogP contribution in [-0.4, -0.2) is 51.2 Å². The molecular weight excluding hydrogens is 358 g/mol. The maximum Gasteiger partial charge on any atom is 0.256 e. The van der Waals surface area contributed by atoms with E-state index in [0.29, 0.717) is 10.7 Å². The number of para-hydroxylation sites is 1. The third-order valence-electron chi connectivity index (χ3n) is 3.47. The van der Waals surface area contributed by atoms with Crippen LogP contribution in [0.5, 0.6) is 0 Å². The smallest absolute Gasteiger partial charge is 0.256 e. The molecule has 0 spiro atoms. The van der Waals surface area contributed by atoms with Crippen molar-refractivity contribution >= 4 is 50.9 Å². The monoisotopic (exact) mass is 375 g/mol. The molecule has 0 atom stereocenters. The van der Waals surface area contributed by atoms with E-state index in [0.717, 1.165) is 21.0 Å². The zero-order valence-electron chi connectivity index (χ0n) is 13.8. The molecule has 0 radical (unpaired) electrons. The van der Waals surface area contributed by atoms with Gasteiger partial charge >= 0.3 is 0 Å². The molecule has 2 aromatic heterocycles. The maximum atomic E-state index is 12.6. The quantitative estimate of drug-likeness (QED) is 0.511. The summed E-state index contributed by atoms with van der Waals surface area (Å²) in [5, 5.41) is 11.9. The maximum absolute atomic E-state index is 12.6. The van der Waals surface area contributed by atoms with E-state index < -0.39 is 0 Å². The molecule has 0 aliphatic carbocycles. The second kappa shape index (κ2) is 7.66. The number of nitrogens with one attached hydrogen (secondary N) is 2. The first-order valence-electron chi connectivity index (χ1n) is 7.66. The number of amides is 2. The molecule has 0 unspecified atom stereocenters. The molecule has 0 aliphatic rings. The van der Waals surface area contributed by atoms with Crippen molar-refractivity contribution < 1.29 is 9.59 Å². The predicted molar refractivity (Wildman–Crippen MR) is 100 cm³/mol. The fourth-order valence-electron chi connectivity index (χ4n) is 2.34. The largest absolute Gasteiger partial charge is 0.360 e. The molecular formula is C16H17N5O2S2. The highest BCUT2D eigenvalue weighted by atomic mass is 32.2. The van der Waals surface area contributed by atoms with Gasteiger partial charge in [-0.25, -0.2) is 0 Å². The van der Waals surface area contributed by atoms with Gasteiger partial charge in [0.15, 0.2) is 4.34 Å². The number of hydrogen-bond acceptors (Lipinski definition) is 6. The lowest BCUT2D eigenvalue weighted by Gasteiger charge is -2.15. The number of hydrogen-bond donors (Lipinski definition) is 2. The summed E-state index contributed by atoms with van der Waals surface area (Å²) in [5.74, 6) is 0.372. The molecule has 1 aromatic carbocycles. The fourth-order valence-corrected chi connectivity index (χ4v) is 4.01. The van der Waals surface area contributed by atoms with Crippen molar-refractivity contribution in [1.82, 2.24) is 20.1 Å². The van der Waals surface area contributed by atoms with Crippen molar-refractivity contribution in [2.45, 2.75) is 11.3 Å². The van der Waals surface area contributed by atoms with E-state index in [9.17, 15) is 9.59 Å². The van der Waals surface area contributed by atoms with Gasteiger partial charge in [0.25, 0.3) is 5.91 Å². The molecule has 3 rings (SSSR count). The Kier molecular flexibility index (Phi) is 5.34. The van der Waals surface area contributed by atoms with Gasteiger partial charge in [0.05, 0.1) is 12.1 Å². The van der Waals surface area contributed by atoms with Gasteiger partial charge in [-0.2, -0.15) is 0 Å². The van der Waals surface area contributed by atoms with Crippen LogP contribution in [0.3, 0.4) is 0 Å². The first kappa shape index (κ1) is 17.4. The van der Waals surface area contributed by atoms with Crippen molar-refractivity contribution in [2.75, 3.05) is 24.7 Å². The Morgan fingerprint density at radius 2 is 2.12 bits per heavy atom. The molecule has 0 saturated carbocycles. The van der Waals surface area contributed by atoms with Crippen molar-refractivity contribution in [3.05, 3.63) is 36.0 Å². The number of aromatic amines is 1. The minimum Gasteiger partial charge on any atom is -0.360 e. The Bertz CT molecular complexity index is 905. The Labute approximate surface area is 152 Å². The van der Waals surface area contributed by atoms with Crippen molar-refractivity contribution in [1.29, 1.82) is 0 Å². The highest BCUT2D eigenvalue weighted by Gasteiger charge is 2.19. The molecule has 0 saturated heterocycles. The average Bonchev–Trinajstić information content (AvgIpc) is 3.21. The highest BCUT2D eigenvalue weighted by Crippen LogP contribution is 2.25. The van der Waals surface area contributed by atoms with Crippen LogP contribution in [0.15, 0.2) is 34.8 Å². The first-order chi connectivity index (χ1) is 12.1. The Hall–Kier alpha value is -2.39. The number of rotatable bonds is 6. The normalized spacial score (nSPS) is 10.8. The summed E-state index contributed by atoms with van der Waals surface area (Å²) >= 11 is 2.89. The number of H-pyrrole nitrogens is 1. The van der Waals surface area contributed by atoms with Gasteiger partial charge < -0.3 is 9.88 Å². The second-order valence-corrected chi connectivity index (χ2v) is 7.75. The van der Waals surface area contributed by atoms with Crippen LogP contribution in [0.4, 0.5) is 5.13 Å². The van der Waals surface area contributed by atoms with Crippen LogP contribution >= 0.6 is 23.1 Å². The SMILES string of the molecule is CCSc1nnc(NC(=O)CN(C)C(=O)c2c[nH]c3ccccc23)s1. The third kappa shape index (κ3) is 3.99. The van der Waals surface area contributed by atoms with Crippen LogP contribution in [0.2, 0.25) is 0 Å². The van der Waals surface area contributed by atoms with Crippen molar-refractivity contribution in [3.63, 3.8) is 0 Å². The van der Waals surface area contributed by atoms with Gasteiger partial charge in [0.2, 0.25) is 11.0 Å². The van der Waals surface area contributed by atoms with E-state index >= 15 is 0 Å². The summed E-state index contributed by atoms with van der Waals surface area (Å²) in [6.07, 6.45) is 1.67. The van der Waals surface area contributed by atoms with Gasteiger partial charge in [-0.05, 0) is 11.8 Å². The van der Waals surface area contributed by atoms with Crippen LogP contribution in [-0.2, 0) is 4.79 Å². The summed E-state index contributed by atoms with van der Waals surface area (Å²) < 4.78 is 0.807. The van der Waals surface area contributed by atoms with Crippen LogP contribution in [0.1, 0.15) is 17.3 Å². The number of thioether (sulfide) groups is 1. The Morgan fingerprint density at radius 1 is 1.32 bits per heavy atom. The molecule has 2 heterocycles. The summed E-state index contributed by atoms with van der Waals surface area (Å²) in [6, 6.07) is 7.56. The van der Waals surface area contributed by atoms with E-state index in [1.54, 1.807) is 25.0 Å². The number of nitrogens with zero attached hydrogens (tertiary/aromatic N) is 3. The molecule has 2 N–H and O–H groups in total. The molecule has 2 amide bonds. The fraction of sp³-hybridized carbons (Fsp3) is 0.250. The van der Waals surface area contributed by atoms with Crippen LogP contribution in [0.25, 0.3) is 10.9 Å². The molecule has 9 heteroatoms. The highest BCUT2D eigenvalue weighted by molar-refractivity contribution is 8.01. The molecule has 0 fully saturated rings. The van der Waals surface area contributed by atoms with E-state index in [1.165, 1.54) is 16.2 Å². The lowest BCUT2D eigenvalue weighted by molar-refractivity contribution is -0.116. The van der Waals surface area contributed by atoms with Crippen molar-refractivity contribution in [3.8, 4) is 0 Å². The molecule has 25 heavy (non-hydrogen) atoms. The number of anilines is 1. The lowest BCUT2D eigenvalue weighted by Crippen LogP contribution is -2.34. The van der Waals surface area contributed by atoms with Crippen LogP contribution in [0, 0.1) is 0 Å². The van der Waals surface area contributed by atoms with E-state index in [1.807, 2.05) is 31.2 Å². The third-order valence-corrected chi connectivity index (χ3v) is 5.32. The summed E-state index contributed by atoms with van der Waals surface area (Å²) in [7, 11) is 1.60. The van der Waals surface area contributed by atoms with E-state index in [-0.39, 0.29) is 18.4 Å². The average molecular weight is 375 g/mol. The molecule has 3 aromatic rings. The number of fused-ring (bicyclic) bond motifs is 1.